The highest BCUT2D eigenvalue weighted by molar-refractivity contribution is 6.26. The number of para-hydroxylation sites is 2. The first kappa shape index (κ1) is 19.8. The second kappa shape index (κ2) is 6.79. The van der Waals surface area contributed by atoms with E-state index in [9.17, 15) is 0 Å². The van der Waals surface area contributed by atoms with Crippen LogP contribution >= 0.6 is 0 Å². The molecule has 2 heterocycles. The van der Waals surface area contributed by atoms with Crippen LogP contribution in [-0.2, 0) is 5.41 Å². The van der Waals surface area contributed by atoms with Crippen LogP contribution in [-0.4, -0.2) is 14.5 Å². The van der Waals surface area contributed by atoms with Crippen LogP contribution in [0.15, 0.2) is 103 Å². The van der Waals surface area contributed by atoms with Gasteiger partial charge in [0.25, 0.3) is 0 Å². The third kappa shape index (κ3) is 2.37. The van der Waals surface area contributed by atoms with Gasteiger partial charge in [0, 0.05) is 27.8 Å². The molecule has 8 rings (SSSR count). The van der Waals surface area contributed by atoms with Crippen LogP contribution in [0.25, 0.3) is 60.6 Å². The summed E-state index contributed by atoms with van der Waals surface area (Å²) in [7, 11) is 0. The zero-order chi connectivity index (χ0) is 24.0. The van der Waals surface area contributed by atoms with Crippen LogP contribution in [0, 0.1) is 0 Å². The van der Waals surface area contributed by atoms with Crippen molar-refractivity contribution in [3.63, 3.8) is 0 Å². The minimum Gasteiger partial charge on any atom is -0.278 e. The summed E-state index contributed by atoms with van der Waals surface area (Å²) in [6.07, 6.45) is 1.94. The smallest absolute Gasteiger partial charge is 0.235 e. The van der Waals surface area contributed by atoms with Crippen molar-refractivity contribution >= 4 is 43.5 Å². The molecule has 0 radical (unpaired) electrons. The molecule has 1 aliphatic carbocycles. The van der Waals surface area contributed by atoms with Gasteiger partial charge in [0.15, 0.2) is 0 Å². The van der Waals surface area contributed by atoms with E-state index >= 15 is 0 Å². The molecule has 36 heavy (non-hydrogen) atoms. The first-order valence-corrected chi connectivity index (χ1v) is 12.4. The van der Waals surface area contributed by atoms with Gasteiger partial charge in [0.05, 0.1) is 16.6 Å². The molecule has 170 valence electrons. The SMILES string of the molecule is CC1(C)c2ccccc2-c2c1c1c(c3ccccc23)c2ccccc2n1-c1ncc2ccccc2n1. The maximum absolute atomic E-state index is 5.07. The molecule has 3 heteroatoms. The lowest BCUT2D eigenvalue weighted by atomic mass is 9.80. The predicted molar refractivity (Wildman–Crippen MR) is 149 cm³/mol. The van der Waals surface area contributed by atoms with Crippen LogP contribution in [0.3, 0.4) is 0 Å². The summed E-state index contributed by atoms with van der Waals surface area (Å²) in [5, 5.41) is 6.13. The molecule has 0 amide bonds. The van der Waals surface area contributed by atoms with E-state index in [2.05, 4.69) is 103 Å². The molecule has 0 unspecified atom stereocenters. The second-order valence-corrected chi connectivity index (χ2v) is 10.3. The van der Waals surface area contributed by atoms with Crippen LogP contribution in [0.4, 0.5) is 0 Å². The van der Waals surface area contributed by atoms with Crippen LogP contribution in [0.5, 0.6) is 0 Å². The third-order valence-corrected chi connectivity index (χ3v) is 8.00. The van der Waals surface area contributed by atoms with Crippen LogP contribution < -0.4 is 0 Å². The maximum atomic E-state index is 5.07. The maximum Gasteiger partial charge on any atom is 0.235 e. The van der Waals surface area contributed by atoms with Crippen molar-refractivity contribution in [2.75, 3.05) is 0 Å². The molecule has 0 spiro atoms. The number of hydrogen-bond acceptors (Lipinski definition) is 2. The number of aromatic nitrogens is 3. The molecule has 0 saturated heterocycles. The zero-order valence-electron chi connectivity index (χ0n) is 20.2. The minimum absolute atomic E-state index is 0.169. The van der Waals surface area contributed by atoms with Gasteiger partial charge in [-0.2, -0.15) is 0 Å². The Bertz CT molecular complexity index is 2030. The van der Waals surface area contributed by atoms with E-state index in [1.807, 2.05) is 18.3 Å². The first-order valence-electron chi connectivity index (χ1n) is 12.4. The van der Waals surface area contributed by atoms with Gasteiger partial charge in [-0.25, -0.2) is 9.97 Å². The molecule has 0 fully saturated rings. The Balaban J connectivity index is 1.66. The fourth-order valence-corrected chi connectivity index (χ4v) is 6.47. The highest BCUT2D eigenvalue weighted by atomic mass is 15.2. The fourth-order valence-electron chi connectivity index (χ4n) is 6.47. The van der Waals surface area contributed by atoms with Crippen LogP contribution in [0.1, 0.15) is 25.0 Å². The molecule has 0 aliphatic heterocycles. The molecule has 5 aromatic carbocycles. The average molecular weight is 462 g/mol. The predicted octanol–water partition coefficient (Wildman–Crippen LogP) is 8.19. The van der Waals surface area contributed by atoms with E-state index in [-0.39, 0.29) is 5.41 Å². The molecule has 7 aromatic rings. The Morgan fingerprint density at radius 1 is 0.694 bits per heavy atom. The summed E-state index contributed by atoms with van der Waals surface area (Å²) in [5.41, 5.74) is 8.51. The van der Waals surface area contributed by atoms with Gasteiger partial charge in [-0.15, -0.1) is 0 Å². The topological polar surface area (TPSA) is 30.7 Å². The minimum atomic E-state index is -0.169. The van der Waals surface area contributed by atoms with Gasteiger partial charge in [-0.1, -0.05) is 98.8 Å². The summed E-state index contributed by atoms with van der Waals surface area (Å²) >= 11 is 0. The standard InChI is InChI=1S/C33H23N3/c1-33(2)25-16-8-6-14-23(25)28-21-12-4-5-13-22(21)29-24-15-7-10-18-27(24)36(31(29)30(28)33)32-34-19-20-11-3-9-17-26(20)35-32/h3-19H,1-2H3. The van der Waals surface area contributed by atoms with Gasteiger partial charge < -0.3 is 0 Å². The molecule has 2 aromatic heterocycles. The van der Waals surface area contributed by atoms with E-state index in [0.29, 0.717) is 5.95 Å². The zero-order valence-corrected chi connectivity index (χ0v) is 20.2. The average Bonchev–Trinajstić information content (AvgIpc) is 3.38. The van der Waals surface area contributed by atoms with Gasteiger partial charge in [-0.3, -0.25) is 4.57 Å². The van der Waals surface area contributed by atoms with Crippen molar-refractivity contribution in [1.29, 1.82) is 0 Å². The Morgan fingerprint density at radius 3 is 2.28 bits per heavy atom. The Morgan fingerprint density at radius 2 is 1.39 bits per heavy atom. The van der Waals surface area contributed by atoms with Crippen molar-refractivity contribution in [3.05, 3.63) is 114 Å². The summed E-state index contributed by atoms with van der Waals surface area (Å²) in [6, 6.07) is 34.6. The van der Waals surface area contributed by atoms with Crippen molar-refractivity contribution < 1.29 is 0 Å². The summed E-state index contributed by atoms with van der Waals surface area (Å²) in [5.74, 6) is 0.712. The number of rotatable bonds is 1. The van der Waals surface area contributed by atoms with Crippen molar-refractivity contribution in [2.24, 2.45) is 0 Å². The monoisotopic (exact) mass is 461 g/mol. The number of hydrogen-bond donors (Lipinski definition) is 0. The number of nitrogens with zero attached hydrogens (tertiary/aromatic N) is 3. The lowest BCUT2D eigenvalue weighted by molar-refractivity contribution is 0.664. The molecule has 0 atom stereocenters. The van der Waals surface area contributed by atoms with Gasteiger partial charge >= 0.3 is 0 Å². The Hall–Kier alpha value is -4.50. The third-order valence-electron chi connectivity index (χ3n) is 8.00. The fraction of sp³-hybridized carbons (Fsp3) is 0.0909. The summed E-state index contributed by atoms with van der Waals surface area (Å²) in [4.78, 5) is 9.98. The van der Waals surface area contributed by atoms with E-state index in [1.165, 1.54) is 49.3 Å². The number of fused-ring (bicyclic) bond motifs is 11. The quantitative estimate of drug-likeness (QED) is 0.247. The molecular weight excluding hydrogens is 438 g/mol. The molecule has 0 N–H and O–H groups in total. The molecule has 0 saturated carbocycles. The Kier molecular flexibility index (Phi) is 3.73. The molecule has 1 aliphatic rings. The van der Waals surface area contributed by atoms with E-state index in [1.54, 1.807) is 0 Å². The summed E-state index contributed by atoms with van der Waals surface area (Å²) in [6.45, 7) is 4.71. The van der Waals surface area contributed by atoms with Crippen molar-refractivity contribution in [3.8, 4) is 17.1 Å². The van der Waals surface area contributed by atoms with E-state index in [0.717, 1.165) is 16.4 Å². The molecule has 3 nitrogen and oxygen atoms in total. The lowest BCUT2D eigenvalue weighted by Crippen LogP contribution is -2.17. The molecule has 0 bridgehead atoms. The van der Waals surface area contributed by atoms with Gasteiger partial charge in [-0.05, 0) is 45.2 Å². The first-order chi connectivity index (χ1) is 17.6. The van der Waals surface area contributed by atoms with Crippen molar-refractivity contribution in [1.82, 2.24) is 14.5 Å². The van der Waals surface area contributed by atoms with Gasteiger partial charge in [0.2, 0.25) is 5.95 Å². The van der Waals surface area contributed by atoms with Gasteiger partial charge in [0.1, 0.15) is 0 Å². The molecular formula is C33H23N3. The second-order valence-electron chi connectivity index (χ2n) is 10.3. The highest BCUT2D eigenvalue weighted by Gasteiger charge is 2.40. The normalized spacial score (nSPS) is 14.1. The lowest BCUT2D eigenvalue weighted by Gasteiger charge is -2.24. The van der Waals surface area contributed by atoms with E-state index in [4.69, 9.17) is 9.97 Å². The number of benzene rings is 5. The van der Waals surface area contributed by atoms with Crippen molar-refractivity contribution in [2.45, 2.75) is 19.3 Å². The largest absolute Gasteiger partial charge is 0.278 e. The van der Waals surface area contributed by atoms with E-state index < -0.39 is 0 Å². The summed E-state index contributed by atoms with van der Waals surface area (Å²) < 4.78 is 2.30. The Labute approximate surface area is 208 Å². The highest BCUT2D eigenvalue weighted by Crippen LogP contribution is 2.56. The van der Waals surface area contributed by atoms with Crippen LogP contribution in [0.2, 0.25) is 0 Å².